The van der Waals surface area contributed by atoms with Gasteiger partial charge in [-0.1, -0.05) is 23.7 Å². The number of nitrogens with zero attached hydrogens (tertiary/aromatic N) is 1. The fraction of sp³-hybridized carbons (Fsp3) is 0.214. The summed E-state index contributed by atoms with van der Waals surface area (Å²) in [5, 5.41) is 0.531. The summed E-state index contributed by atoms with van der Waals surface area (Å²) in [6, 6.07) is 10.5. The lowest BCUT2D eigenvalue weighted by atomic mass is 10.2. The van der Waals surface area contributed by atoms with Gasteiger partial charge in [-0.25, -0.2) is 0 Å². The average molecular weight is 279 g/mol. The van der Waals surface area contributed by atoms with E-state index in [0.29, 0.717) is 30.5 Å². The van der Waals surface area contributed by atoms with Crippen molar-refractivity contribution in [3.63, 3.8) is 0 Å². The van der Waals surface area contributed by atoms with E-state index in [9.17, 15) is 4.79 Å². The van der Waals surface area contributed by atoms with Crippen LogP contribution in [0.4, 0.5) is 0 Å². The fourth-order valence-electron chi connectivity index (χ4n) is 1.69. The predicted molar refractivity (Wildman–Crippen MR) is 75.5 cm³/mol. The molecule has 0 amide bonds. The summed E-state index contributed by atoms with van der Waals surface area (Å²) in [4.78, 5) is 11.5. The van der Waals surface area contributed by atoms with Crippen LogP contribution in [0.5, 0.6) is 5.75 Å². The zero-order valence-corrected chi connectivity index (χ0v) is 11.1. The summed E-state index contributed by atoms with van der Waals surface area (Å²) in [6.07, 6.45) is 1.73. The highest BCUT2D eigenvalue weighted by molar-refractivity contribution is 6.32. The average Bonchev–Trinajstić information content (AvgIpc) is 2.42. The topological polar surface area (TPSA) is 57.2 Å². The molecular weight excluding hydrogens is 264 g/mol. The third kappa shape index (κ3) is 3.59. The highest BCUT2D eigenvalue weighted by Crippen LogP contribution is 2.25. The van der Waals surface area contributed by atoms with Crippen molar-refractivity contribution in [1.82, 2.24) is 4.57 Å². The molecule has 0 aliphatic carbocycles. The molecule has 0 unspecified atom stereocenters. The number of hydrogen-bond acceptors (Lipinski definition) is 3. The van der Waals surface area contributed by atoms with E-state index in [2.05, 4.69) is 0 Å². The molecule has 19 heavy (non-hydrogen) atoms. The Bertz CT molecular complexity index is 610. The smallest absolute Gasteiger partial charge is 0.250 e. The van der Waals surface area contributed by atoms with Gasteiger partial charge in [-0.2, -0.15) is 0 Å². The van der Waals surface area contributed by atoms with Gasteiger partial charge in [0.05, 0.1) is 11.6 Å². The van der Waals surface area contributed by atoms with Gasteiger partial charge in [0, 0.05) is 18.8 Å². The van der Waals surface area contributed by atoms with E-state index in [1.807, 2.05) is 12.1 Å². The predicted octanol–water partition coefficient (Wildman–Crippen LogP) is 2.04. The largest absolute Gasteiger partial charge is 0.490 e. The lowest BCUT2D eigenvalue weighted by Gasteiger charge is -2.10. The summed E-state index contributed by atoms with van der Waals surface area (Å²) in [5.41, 5.74) is 6.43. The van der Waals surface area contributed by atoms with E-state index in [-0.39, 0.29) is 5.56 Å². The van der Waals surface area contributed by atoms with Crippen molar-refractivity contribution in [2.24, 2.45) is 5.73 Å². The Morgan fingerprint density at radius 2 is 2.11 bits per heavy atom. The van der Waals surface area contributed by atoms with Crippen LogP contribution in [0, 0.1) is 0 Å². The molecule has 0 saturated heterocycles. The minimum Gasteiger partial charge on any atom is -0.490 e. The van der Waals surface area contributed by atoms with Gasteiger partial charge in [0.1, 0.15) is 12.4 Å². The van der Waals surface area contributed by atoms with Gasteiger partial charge in [-0.15, -0.1) is 0 Å². The van der Waals surface area contributed by atoms with Crippen molar-refractivity contribution >= 4 is 11.6 Å². The molecule has 0 atom stereocenters. The molecular formula is C14H15ClN2O2. The molecule has 100 valence electrons. The number of benzene rings is 1. The van der Waals surface area contributed by atoms with Gasteiger partial charge >= 0.3 is 0 Å². The Hall–Kier alpha value is -1.78. The molecule has 2 aromatic rings. The van der Waals surface area contributed by atoms with Crippen molar-refractivity contribution < 1.29 is 4.74 Å². The van der Waals surface area contributed by atoms with Crippen LogP contribution >= 0.6 is 11.6 Å². The van der Waals surface area contributed by atoms with Crippen LogP contribution in [-0.2, 0) is 13.1 Å². The molecule has 0 aliphatic heterocycles. The van der Waals surface area contributed by atoms with Gasteiger partial charge in [-0.3, -0.25) is 4.79 Å². The summed E-state index contributed by atoms with van der Waals surface area (Å²) in [5.74, 6) is 0.600. The minimum atomic E-state index is -0.0457. The van der Waals surface area contributed by atoms with Gasteiger partial charge in [-0.05, 0) is 23.8 Å². The zero-order chi connectivity index (χ0) is 13.7. The van der Waals surface area contributed by atoms with Gasteiger partial charge in [0.2, 0.25) is 0 Å². The second-order valence-corrected chi connectivity index (χ2v) is 4.46. The molecule has 1 aromatic carbocycles. The second kappa shape index (κ2) is 6.41. The zero-order valence-electron chi connectivity index (χ0n) is 10.4. The first-order valence-corrected chi connectivity index (χ1v) is 6.35. The molecule has 2 rings (SSSR count). The van der Waals surface area contributed by atoms with Gasteiger partial charge < -0.3 is 15.0 Å². The van der Waals surface area contributed by atoms with Crippen LogP contribution in [0.15, 0.2) is 47.4 Å². The maximum Gasteiger partial charge on any atom is 0.250 e. The second-order valence-electron chi connectivity index (χ2n) is 4.05. The lowest BCUT2D eigenvalue weighted by Crippen LogP contribution is -2.21. The van der Waals surface area contributed by atoms with Crippen molar-refractivity contribution in [2.45, 2.75) is 13.1 Å². The van der Waals surface area contributed by atoms with Crippen LogP contribution in [0.3, 0.4) is 0 Å². The van der Waals surface area contributed by atoms with Gasteiger partial charge in [0.25, 0.3) is 5.56 Å². The summed E-state index contributed by atoms with van der Waals surface area (Å²) < 4.78 is 7.15. The number of ether oxygens (including phenoxy) is 1. The first-order chi connectivity index (χ1) is 9.20. The van der Waals surface area contributed by atoms with E-state index < -0.39 is 0 Å². The molecule has 2 N–H and O–H groups in total. The third-order valence-electron chi connectivity index (χ3n) is 2.72. The summed E-state index contributed by atoms with van der Waals surface area (Å²) in [7, 11) is 0. The van der Waals surface area contributed by atoms with Crippen molar-refractivity contribution in [2.75, 3.05) is 6.61 Å². The molecule has 0 aliphatic rings. The van der Waals surface area contributed by atoms with E-state index in [0.717, 1.165) is 5.56 Å². The Morgan fingerprint density at radius 1 is 1.26 bits per heavy atom. The molecule has 1 aromatic heterocycles. The molecule has 1 heterocycles. The quantitative estimate of drug-likeness (QED) is 0.910. The Labute approximate surface area is 116 Å². The van der Waals surface area contributed by atoms with E-state index >= 15 is 0 Å². The Morgan fingerprint density at radius 3 is 2.79 bits per heavy atom. The minimum absolute atomic E-state index is 0.0457. The van der Waals surface area contributed by atoms with Crippen molar-refractivity contribution in [1.29, 1.82) is 0 Å². The summed E-state index contributed by atoms with van der Waals surface area (Å²) in [6.45, 7) is 1.31. The molecule has 0 fully saturated rings. The number of rotatable bonds is 5. The number of pyridine rings is 1. The highest BCUT2D eigenvalue weighted by Gasteiger charge is 2.03. The lowest BCUT2D eigenvalue weighted by molar-refractivity contribution is 0.296. The highest BCUT2D eigenvalue weighted by atomic mass is 35.5. The van der Waals surface area contributed by atoms with Crippen molar-refractivity contribution in [3.05, 3.63) is 63.5 Å². The van der Waals surface area contributed by atoms with E-state index in [1.165, 1.54) is 6.07 Å². The molecule has 4 nitrogen and oxygen atoms in total. The number of hydrogen-bond donors (Lipinski definition) is 1. The SMILES string of the molecule is NCc1ccc(OCCn2ccccc2=O)c(Cl)c1. The normalized spacial score (nSPS) is 10.4. The van der Waals surface area contributed by atoms with Gasteiger partial charge in [0.15, 0.2) is 0 Å². The van der Waals surface area contributed by atoms with Crippen LogP contribution < -0.4 is 16.0 Å². The Kier molecular flexibility index (Phi) is 4.60. The van der Waals surface area contributed by atoms with Crippen LogP contribution in [-0.4, -0.2) is 11.2 Å². The molecule has 0 bridgehead atoms. The molecule has 5 heteroatoms. The van der Waals surface area contributed by atoms with Crippen LogP contribution in [0.1, 0.15) is 5.56 Å². The van der Waals surface area contributed by atoms with E-state index in [1.54, 1.807) is 29.0 Å². The molecule has 0 radical (unpaired) electrons. The number of nitrogens with two attached hydrogens (primary N) is 1. The monoisotopic (exact) mass is 278 g/mol. The first kappa shape index (κ1) is 13.6. The maximum atomic E-state index is 11.5. The Balaban J connectivity index is 1.96. The van der Waals surface area contributed by atoms with Crippen LogP contribution in [0.25, 0.3) is 0 Å². The van der Waals surface area contributed by atoms with Crippen molar-refractivity contribution in [3.8, 4) is 5.75 Å². The maximum absolute atomic E-state index is 11.5. The number of halogens is 1. The number of aromatic nitrogens is 1. The molecule has 0 spiro atoms. The fourth-order valence-corrected chi connectivity index (χ4v) is 1.95. The van der Waals surface area contributed by atoms with Crippen LogP contribution in [0.2, 0.25) is 5.02 Å². The van der Waals surface area contributed by atoms with E-state index in [4.69, 9.17) is 22.1 Å². The standard InChI is InChI=1S/C14H15ClN2O2/c15-12-9-11(10-16)4-5-13(12)19-8-7-17-6-2-1-3-14(17)18/h1-6,9H,7-8,10,16H2. The third-order valence-corrected chi connectivity index (χ3v) is 3.02. The summed E-state index contributed by atoms with van der Waals surface area (Å²) >= 11 is 6.07. The first-order valence-electron chi connectivity index (χ1n) is 5.97. The molecule has 0 saturated carbocycles.